The van der Waals surface area contributed by atoms with Gasteiger partial charge in [-0.05, 0) is 189 Å². The molecular formula is C63H85BO4. The Kier molecular flexibility index (Phi) is 17.0. The molecule has 2 aliphatic carbocycles. The number of phenolic OH excluding ortho intramolecular Hbond substituents is 1. The van der Waals surface area contributed by atoms with Crippen LogP contribution in [-0.2, 0) is 20.1 Å². The smallest absolute Gasteiger partial charge is 0.495 e. The van der Waals surface area contributed by atoms with Gasteiger partial charge in [0.15, 0.2) is 0 Å². The maximum Gasteiger partial charge on any atom is 0.495 e. The lowest BCUT2D eigenvalue weighted by atomic mass is 9.68. The number of aryl methyl sites for hydroxylation is 4. The Hall–Kier alpha value is -4.26. The highest BCUT2D eigenvalue weighted by atomic mass is 16.7. The molecule has 68 heavy (non-hydrogen) atoms. The predicted molar refractivity (Wildman–Crippen MR) is 287 cm³/mol. The largest absolute Gasteiger partial charge is 0.508 e. The Morgan fingerprint density at radius 3 is 1.29 bits per heavy atom. The molecule has 3 aliphatic rings. The van der Waals surface area contributed by atoms with Crippen molar-refractivity contribution in [3.05, 3.63) is 128 Å². The summed E-state index contributed by atoms with van der Waals surface area (Å²) >= 11 is 0. The third-order valence-corrected chi connectivity index (χ3v) is 17.1. The zero-order valence-electron chi connectivity index (χ0n) is 44.5. The van der Waals surface area contributed by atoms with Crippen LogP contribution in [0.15, 0.2) is 72.8 Å². The van der Waals surface area contributed by atoms with E-state index in [1.54, 1.807) is 0 Å². The second-order valence-electron chi connectivity index (χ2n) is 22.2. The molecule has 0 unspecified atom stereocenters. The lowest BCUT2D eigenvalue weighted by Crippen LogP contribution is -2.41. The van der Waals surface area contributed by atoms with Gasteiger partial charge in [0.25, 0.3) is 0 Å². The number of hydrogen-bond donors (Lipinski definition) is 2. The molecule has 1 aliphatic heterocycles. The minimum absolute atomic E-state index is 0.0385. The van der Waals surface area contributed by atoms with Gasteiger partial charge < -0.3 is 19.5 Å². The summed E-state index contributed by atoms with van der Waals surface area (Å²) < 4.78 is 12.7. The third kappa shape index (κ3) is 11.5. The summed E-state index contributed by atoms with van der Waals surface area (Å²) in [6, 6.07) is 26.4. The zero-order valence-corrected chi connectivity index (χ0v) is 44.5. The van der Waals surface area contributed by atoms with Gasteiger partial charge in [-0.15, -0.1) is 0 Å². The van der Waals surface area contributed by atoms with Crippen LogP contribution in [0, 0.1) is 56.8 Å². The van der Waals surface area contributed by atoms with Gasteiger partial charge in [-0.3, -0.25) is 0 Å². The molecule has 5 heteroatoms. The Balaban J connectivity index is 0.000000230. The molecule has 0 atom stereocenters. The molecule has 2 saturated carbocycles. The van der Waals surface area contributed by atoms with E-state index in [0.717, 1.165) is 73.5 Å². The Morgan fingerprint density at radius 1 is 0.500 bits per heavy atom. The fraction of sp³-hybridized carbons (Fsp3) is 0.556. The van der Waals surface area contributed by atoms with Crippen molar-refractivity contribution in [3.8, 4) is 29.4 Å². The van der Waals surface area contributed by atoms with Crippen molar-refractivity contribution in [2.45, 2.75) is 220 Å². The molecule has 2 N–H and O–H groups in total. The number of aliphatic hydroxyl groups is 1. The molecule has 0 radical (unpaired) electrons. The van der Waals surface area contributed by atoms with E-state index in [9.17, 15) is 10.2 Å². The van der Waals surface area contributed by atoms with Crippen molar-refractivity contribution in [3.63, 3.8) is 0 Å². The molecule has 0 bridgehead atoms. The average Bonchev–Trinajstić information content (AvgIpc) is 3.53. The van der Waals surface area contributed by atoms with Gasteiger partial charge in [0.1, 0.15) is 11.4 Å². The van der Waals surface area contributed by atoms with Crippen molar-refractivity contribution < 1.29 is 19.5 Å². The minimum atomic E-state index is -0.832. The fourth-order valence-corrected chi connectivity index (χ4v) is 11.3. The maximum absolute atomic E-state index is 10.9. The van der Waals surface area contributed by atoms with Crippen LogP contribution in [0.25, 0.3) is 0 Å². The number of rotatable bonds is 9. The second kappa shape index (κ2) is 21.8. The predicted octanol–water partition coefficient (Wildman–Crippen LogP) is 15.0. The van der Waals surface area contributed by atoms with Crippen LogP contribution in [0.4, 0.5) is 0 Å². The molecule has 364 valence electrons. The van der Waals surface area contributed by atoms with Crippen LogP contribution in [0.5, 0.6) is 5.75 Å². The summed E-state index contributed by atoms with van der Waals surface area (Å²) in [4.78, 5) is 0. The van der Waals surface area contributed by atoms with E-state index in [1.807, 2.05) is 13.0 Å². The van der Waals surface area contributed by atoms with E-state index >= 15 is 0 Å². The molecule has 0 spiro atoms. The van der Waals surface area contributed by atoms with Gasteiger partial charge in [-0.1, -0.05) is 150 Å². The minimum Gasteiger partial charge on any atom is -0.508 e. The number of benzene rings is 4. The van der Waals surface area contributed by atoms with Crippen LogP contribution in [0.2, 0.25) is 0 Å². The van der Waals surface area contributed by atoms with Gasteiger partial charge in [0.2, 0.25) is 0 Å². The molecular weight excluding hydrogens is 832 g/mol. The Labute approximate surface area is 414 Å². The summed E-state index contributed by atoms with van der Waals surface area (Å²) in [5, 5.41) is 20.8. The quantitative estimate of drug-likeness (QED) is 0.0998. The van der Waals surface area contributed by atoms with Crippen LogP contribution in [0.1, 0.15) is 221 Å². The highest BCUT2D eigenvalue weighted by Crippen LogP contribution is 2.43. The summed E-state index contributed by atoms with van der Waals surface area (Å²) in [6.07, 6.45) is 17.9. The SMILES string of the molecule is CCC(CC)(c1ccc(C#CC2(C)CCCCCC2)c(C)c1)c1ccc(B2OC(C)(C)C(C)(C)O2)c(C)c1.CCC(CC)(c1ccc(O)c(C)c1)c1ccc(C#CC2(O)CCCCCC2)c(C)c1. The van der Waals surface area contributed by atoms with Crippen molar-refractivity contribution >= 4 is 12.6 Å². The molecule has 4 aromatic rings. The molecule has 4 nitrogen and oxygen atoms in total. The van der Waals surface area contributed by atoms with Gasteiger partial charge in [0.05, 0.1) is 11.2 Å². The summed E-state index contributed by atoms with van der Waals surface area (Å²) in [5.41, 5.74) is 11.7. The fourth-order valence-electron chi connectivity index (χ4n) is 11.3. The monoisotopic (exact) mass is 917 g/mol. The molecule has 1 heterocycles. The van der Waals surface area contributed by atoms with Gasteiger partial charge in [0, 0.05) is 27.4 Å². The first-order chi connectivity index (χ1) is 32.2. The van der Waals surface area contributed by atoms with Crippen LogP contribution in [-0.4, -0.2) is 34.1 Å². The highest BCUT2D eigenvalue weighted by Gasteiger charge is 2.52. The van der Waals surface area contributed by atoms with E-state index in [0.29, 0.717) is 5.75 Å². The average molecular weight is 917 g/mol. The standard InChI is InChI=1S/C35H49BO2.C28H36O2/c1-10-35(11-2,30-18-19-31(27(4)25-30)36-37-32(5,6)33(7,8)38-36)29-17-16-28(26(3)24-29)20-23-34(9)21-14-12-13-15-22-34;1-5-28(6-2,25-13-14-26(29)22(4)20-25)24-12-11-23(21(3)19-24)15-18-27(30)16-9-7-8-10-17-27/h16-19,24-25H,10-15,21-22H2,1-9H3;11-14,19-20,29-30H,5-10,16-17H2,1-4H3. The van der Waals surface area contributed by atoms with E-state index in [1.165, 1.54) is 90.3 Å². The number of phenols is 1. The summed E-state index contributed by atoms with van der Waals surface area (Å²) in [7, 11) is -0.331. The van der Waals surface area contributed by atoms with Crippen molar-refractivity contribution in [1.29, 1.82) is 0 Å². The second-order valence-corrected chi connectivity index (χ2v) is 22.2. The first-order valence-electron chi connectivity index (χ1n) is 26.5. The van der Waals surface area contributed by atoms with Crippen molar-refractivity contribution in [2.24, 2.45) is 5.41 Å². The molecule has 3 fully saturated rings. The van der Waals surface area contributed by atoms with Crippen molar-refractivity contribution in [2.75, 3.05) is 0 Å². The summed E-state index contributed by atoms with van der Waals surface area (Å²) in [5.74, 6) is 14.1. The third-order valence-electron chi connectivity index (χ3n) is 17.1. The first-order valence-corrected chi connectivity index (χ1v) is 26.5. The maximum atomic E-state index is 10.9. The van der Waals surface area contributed by atoms with Crippen LogP contribution < -0.4 is 5.46 Å². The lowest BCUT2D eigenvalue weighted by molar-refractivity contribution is 0.00578. The van der Waals surface area contributed by atoms with Crippen molar-refractivity contribution in [1.82, 2.24) is 0 Å². The Morgan fingerprint density at radius 2 is 0.882 bits per heavy atom. The van der Waals surface area contributed by atoms with E-state index in [-0.39, 0.29) is 34.6 Å². The normalized spacial score (nSPS) is 18.7. The molecule has 0 aromatic heterocycles. The molecule has 7 rings (SSSR count). The highest BCUT2D eigenvalue weighted by molar-refractivity contribution is 6.62. The summed E-state index contributed by atoms with van der Waals surface area (Å²) in [6.45, 7) is 28.4. The molecule has 1 saturated heterocycles. The number of aromatic hydroxyl groups is 1. The lowest BCUT2D eigenvalue weighted by Gasteiger charge is -2.34. The van der Waals surface area contributed by atoms with Crippen LogP contribution >= 0.6 is 0 Å². The Bertz CT molecular complexity index is 2460. The van der Waals surface area contributed by atoms with Gasteiger partial charge in [-0.25, -0.2) is 0 Å². The van der Waals surface area contributed by atoms with E-state index in [4.69, 9.17) is 9.31 Å². The van der Waals surface area contributed by atoms with Gasteiger partial charge >= 0.3 is 7.12 Å². The van der Waals surface area contributed by atoms with E-state index in [2.05, 4.69) is 173 Å². The first kappa shape index (κ1) is 53.1. The zero-order chi connectivity index (χ0) is 49.5. The van der Waals surface area contributed by atoms with Crippen LogP contribution in [0.3, 0.4) is 0 Å². The molecule has 0 amide bonds. The number of hydrogen-bond acceptors (Lipinski definition) is 4. The molecule has 4 aromatic carbocycles. The topological polar surface area (TPSA) is 58.9 Å². The van der Waals surface area contributed by atoms with Gasteiger partial charge in [-0.2, -0.15) is 0 Å². The van der Waals surface area contributed by atoms with E-state index < -0.39 is 5.60 Å².